The van der Waals surface area contributed by atoms with E-state index < -0.39 is 12.2 Å². The highest BCUT2D eigenvalue weighted by molar-refractivity contribution is 7.95. The van der Waals surface area contributed by atoms with Crippen molar-refractivity contribution in [3.05, 3.63) is 71.8 Å². The van der Waals surface area contributed by atoms with Crippen molar-refractivity contribution in [1.82, 2.24) is 10.2 Å². The van der Waals surface area contributed by atoms with E-state index in [-0.39, 0.29) is 0 Å². The lowest BCUT2D eigenvalue weighted by Gasteiger charge is -2.09. The second-order valence-corrected chi connectivity index (χ2v) is 7.80. The van der Waals surface area contributed by atoms with Gasteiger partial charge in [-0.3, -0.25) is 0 Å². The summed E-state index contributed by atoms with van der Waals surface area (Å²) in [5, 5.41) is 28.6. The molecule has 9 heteroatoms. The highest BCUT2D eigenvalue weighted by Crippen LogP contribution is 2.31. The number of nitrogens with zero attached hydrogens (tertiary/aromatic N) is 2. The van der Waals surface area contributed by atoms with Gasteiger partial charge in [-0.1, -0.05) is 70.9 Å². The molecule has 27 heavy (non-hydrogen) atoms. The van der Waals surface area contributed by atoms with E-state index in [4.69, 9.17) is 8.37 Å². The molecule has 2 atom stereocenters. The van der Waals surface area contributed by atoms with Gasteiger partial charge in [0.05, 0.1) is 47.8 Å². The lowest BCUT2D eigenvalue weighted by Crippen LogP contribution is -2.01. The van der Waals surface area contributed by atoms with Crippen LogP contribution in [0.3, 0.4) is 0 Å². The number of hydrogen-bond acceptors (Lipinski definition) is 9. The summed E-state index contributed by atoms with van der Waals surface area (Å²) in [6, 6.07) is 18.8. The van der Waals surface area contributed by atoms with Crippen molar-refractivity contribution >= 4 is 35.4 Å². The third-order valence-corrected chi connectivity index (χ3v) is 5.81. The molecule has 0 aliphatic carbocycles. The minimum Gasteiger partial charge on any atom is -0.394 e. The Bertz CT molecular complexity index is 739. The van der Waals surface area contributed by atoms with Gasteiger partial charge < -0.3 is 18.6 Å². The van der Waals surface area contributed by atoms with Gasteiger partial charge in [0, 0.05) is 0 Å². The third-order valence-electron chi connectivity index (χ3n) is 3.47. The molecule has 2 aromatic carbocycles. The maximum absolute atomic E-state index is 10.1. The van der Waals surface area contributed by atoms with Crippen LogP contribution in [0.15, 0.2) is 60.7 Å². The minimum absolute atomic E-state index is 0.347. The molecule has 6 nitrogen and oxygen atoms in total. The van der Waals surface area contributed by atoms with Crippen LogP contribution in [0.25, 0.3) is 0 Å². The van der Waals surface area contributed by atoms with Gasteiger partial charge in [0.25, 0.3) is 0 Å². The fourth-order valence-electron chi connectivity index (χ4n) is 2.11. The van der Waals surface area contributed by atoms with Crippen LogP contribution in [0.4, 0.5) is 0 Å². The van der Waals surface area contributed by atoms with Crippen molar-refractivity contribution in [2.45, 2.75) is 12.2 Å². The monoisotopic (exact) mass is 422 g/mol. The van der Waals surface area contributed by atoms with Gasteiger partial charge >= 0.3 is 10.4 Å². The molecule has 0 amide bonds. The summed E-state index contributed by atoms with van der Waals surface area (Å²) in [5.74, 6) is 0.746. The van der Waals surface area contributed by atoms with Crippen LogP contribution in [0, 0.1) is 0 Å². The average Bonchev–Trinajstić information content (AvgIpc) is 3.17. The molecule has 3 rings (SSSR count). The Hall–Kier alpha value is -1.78. The minimum atomic E-state index is -0.616. The topological polar surface area (TPSA) is 84.7 Å². The molecule has 0 spiro atoms. The molecule has 0 saturated heterocycles. The van der Waals surface area contributed by atoms with Crippen LogP contribution in [0.1, 0.15) is 23.3 Å². The first-order valence-electron chi connectivity index (χ1n) is 8.11. The molecule has 1 aromatic heterocycles. The van der Waals surface area contributed by atoms with E-state index in [1.165, 1.54) is 0 Å². The lowest BCUT2D eigenvalue weighted by molar-refractivity contribution is 0.202. The first-order valence-corrected chi connectivity index (χ1v) is 10.7. The van der Waals surface area contributed by atoms with Crippen LogP contribution >= 0.6 is 35.4 Å². The Kier molecular flexibility index (Phi) is 7.79. The summed E-state index contributed by atoms with van der Waals surface area (Å²) in [6.45, 7) is 0. The highest BCUT2D eigenvalue weighted by atomic mass is 32.2. The first-order chi connectivity index (χ1) is 13.2. The molecule has 0 radical (unpaired) electrons. The predicted molar refractivity (Wildman–Crippen MR) is 109 cm³/mol. The molecular weight excluding hydrogens is 404 g/mol. The summed E-state index contributed by atoms with van der Waals surface area (Å²) in [6.07, 6.45) is -1.23. The summed E-state index contributed by atoms with van der Waals surface area (Å²) in [7, 11) is 0. The van der Waals surface area contributed by atoms with Crippen molar-refractivity contribution < 1.29 is 18.6 Å². The predicted octanol–water partition coefficient (Wildman–Crippen LogP) is 4.06. The Labute approximate surface area is 170 Å². The van der Waals surface area contributed by atoms with Crippen molar-refractivity contribution in [3.8, 4) is 10.4 Å². The Morgan fingerprint density at radius 3 is 1.56 bits per heavy atom. The molecule has 0 saturated carbocycles. The van der Waals surface area contributed by atoms with E-state index in [0.717, 1.165) is 46.5 Å². The lowest BCUT2D eigenvalue weighted by atomic mass is 10.1. The van der Waals surface area contributed by atoms with Crippen LogP contribution in [-0.4, -0.2) is 31.9 Å². The van der Waals surface area contributed by atoms with Crippen LogP contribution in [-0.2, 0) is 0 Å². The van der Waals surface area contributed by atoms with E-state index in [1.54, 1.807) is 0 Å². The Morgan fingerprint density at radius 2 is 1.15 bits per heavy atom. The molecule has 1 heterocycles. The van der Waals surface area contributed by atoms with Gasteiger partial charge in [-0.25, -0.2) is 0 Å². The van der Waals surface area contributed by atoms with Crippen LogP contribution < -0.4 is 8.37 Å². The first kappa shape index (κ1) is 20.0. The molecule has 2 unspecified atom stereocenters. The zero-order valence-corrected chi connectivity index (χ0v) is 16.6. The normalized spacial score (nSPS) is 13.1. The summed E-state index contributed by atoms with van der Waals surface area (Å²) in [5.41, 5.74) is 1.67. The SMILES string of the molecule is OC(CSOc1nnc(OSCC(O)c2ccccc2)s1)c1ccccc1. The van der Waals surface area contributed by atoms with Gasteiger partial charge in [0.1, 0.15) is 0 Å². The molecule has 2 N–H and O–H groups in total. The average molecular weight is 423 g/mol. The molecule has 0 bridgehead atoms. The van der Waals surface area contributed by atoms with Crippen molar-refractivity contribution in [3.63, 3.8) is 0 Å². The quantitative estimate of drug-likeness (QED) is 0.473. The van der Waals surface area contributed by atoms with Gasteiger partial charge in [-0.2, -0.15) is 0 Å². The van der Waals surface area contributed by atoms with Crippen LogP contribution in [0.2, 0.25) is 0 Å². The second kappa shape index (κ2) is 10.5. The number of rotatable bonds is 10. The Balaban J connectivity index is 1.37. The fourth-order valence-corrected chi connectivity index (χ4v) is 4.03. The Morgan fingerprint density at radius 1 is 0.741 bits per heavy atom. The number of hydrogen-bond donors (Lipinski definition) is 2. The second-order valence-electron chi connectivity index (χ2n) is 5.42. The maximum atomic E-state index is 10.1. The van der Waals surface area contributed by atoms with E-state index in [2.05, 4.69) is 10.2 Å². The summed E-state index contributed by atoms with van der Waals surface area (Å²) in [4.78, 5) is 0. The number of benzene rings is 2. The zero-order chi connectivity index (χ0) is 18.9. The van der Waals surface area contributed by atoms with Crippen molar-refractivity contribution in [2.24, 2.45) is 0 Å². The van der Waals surface area contributed by atoms with Gasteiger partial charge in [0.2, 0.25) is 0 Å². The number of aliphatic hydroxyl groups excluding tert-OH is 2. The molecule has 142 valence electrons. The number of aromatic nitrogens is 2. The third kappa shape index (κ3) is 6.40. The largest absolute Gasteiger partial charge is 0.394 e. The fraction of sp³-hybridized carbons (Fsp3) is 0.222. The summed E-state index contributed by atoms with van der Waals surface area (Å²) < 4.78 is 10.9. The number of aliphatic hydroxyl groups is 2. The molecule has 0 fully saturated rings. The molecule has 3 aromatic rings. The smallest absolute Gasteiger partial charge is 0.309 e. The van der Waals surface area contributed by atoms with Crippen LogP contribution in [0.5, 0.6) is 10.4 Å². The van der Waals surface area contributed by atoms with Gasteiger partial charge in [-0.05, 0) is 22.5 Å². The summed E-state index contributed by atoms with van der Waals surface area (Å²) >= 11 is 3.36. The van der Waals surface area contributed by atoms with E-state index in [0.29, 0.717) is 21.9 Å². The van der Waals surface area contributed by atoms with E-state index in [9.17, 15) is 10.2 Å². The van der Waals surface area contributed by atoms with Crippen molar-refractivity contribution in [2.75, 3.05) is 11.5 Å². The van der Waals surface area contributed by atoms with E-state index in [1.807, 2.05) is 60.7 Å². The van der Waals surface area contributed by atoms with E-state index >= 15 is 0 Å². The molecule has 0 aliphatic rings. The zero-order valence-electron chi connectivity index (χ0n) is 14.2. The van der Waals surface area contributed by atoms with Gasteiger partial charge in [-0.15, -0.1) is 0 Å². The van der Waals surface area contributed by atoms with Crippen molar-refractivity contribution in [1.29, 1.82) is 0 Å². The standard InChI is InChI=1S/C18H18N2O4S3/c21-15(13-7-3-1-4-8-13)11-25-23-17-19-20-18(27-17)24-26-12-16(22)14-9-5-2-6-10-14/h1-10,15-16,21-22H,11-12H2. The maximum Gasteiger partial charge on any atom is 0.309 e. The van der Waals surface area contributed by atoms with Gasteiger partial charge in [0.15, 0.2) is 0 Å². The molecular formula is C18H18N2O4S3. The highest BCUT2D eigenvalue weighted by Gasteiger charge is 2.13. The molecule has 0 aliphatic heterocycles.